The van der Waals surface area contributed by atoms with Gasteiger partial charge in [-0.25, -0.2) is 0 Å². The Morgan fingerprint density at radius 3 is 2.37 bits per heavy atom. The van der Waals surface area contributed by atoms with Gasteiger partial charge in [-0.2, -0.15) is 0 Å². The molecule has 0 spiro atoms. The molecule has 1 aliphatic rings. The van der Waals surface area contributed by atoms with Gasteiger partial charge in [0.05, 0.1) is 11.9 Å². The molecule has 1 atom stereocenters. The second kappa shape index (κ2) is 9.19. The van der Waals surface area contributed by atoms with Crippen molar-refractivity contribution in [1.29, 1.82) is 0 Å². The summed E-state index contributed by atoms with van der Waals surface area (Å²) in [5.41, 5.74) is 8.91. The molecule has 0 aromatic heterocycles. The number of carbonyl (C=O) groups is 1. The van der Waals surface area contributed by atoms with Gasteiger partial charge in [0.15, 0.2) is 0 Å². The molecule has 2 N–H and O–H groups in total. The van der Waals surface area contributed by atoms with Crippen LogP contribution < -0.4 is 5.73 Å². The van der Waals surface area contributed by atoms with Crippen molar-refractivity contribution < 1.29 is 4.79 Å². The first kappa shape index (κ1) is 18.9. The molecule has 2 aromatic carbocycles. The summed E-state index contributed by atoms with van der Waals surface area (Å²) in [5.74, 6) is -0.0501. The molecule has 0 radical (unpaired) electrons. The van der Waals surface area contributed by atoms with Gasteiger partial charge in [0.2, 0.25) is 0 Å². The number of unbranched alkanes of at least 4 members (excludes halogenated alkanes) is 1. The van der Waals surface area contributed by atoms with Crippen LogP contribution in [0, 0.1) is 0 Å². The summed E-state index contributed by atoms with van der Waals surface area (Å²) in [6.45, 7) is 2.84. The average Bonchev–Trinajstić information content (AvgIpc) is 2.96. The van der Waals surface area contributed by atoms with Gasteiger partial charge in [-0.05, 0) is 30.2 Å². The summed E-state index contributed by atoms with van der Waals surface area (Å²) in [6, 6.07) is 19.4. The number of amides is 1. The predicted molar refractivity (Wildman–Crippen MR) is 110 cm³/mol. The van der Waals surface area contributed by atoms with Gasteiger partial charge < -0.3 is 10.6 Å². The molecule has 1 amide bonds. The first-order valence-corrected chi connectivity index (χ1v) is 9.54. The molecule has 0 saturated carbocycles. The van der Waals surface area contributed by atoms with Gasteiger partial charge in [0.25, 0.3) is 5.91 Å². The molecule has 1 unspecified atom stereocenters. The Balaban J connectivity index is 1.93. The van der Waals surface area contributed by atoms with Gasteiger partial charge in [0.1, 0.15) is 0 Å². The number of rotatable bonds is 6. The number of carbonyl (C=O) groups excluding carboxylic acids is 1. The minimum atomic E-state index is -0.0544. The maximum absolute atomic E-state index is 13.2. The standard InChI is InChI=1S/C23H27N3O/c1-2-3-14-22(24)25-16-15-21(19-10-6-4-7-11-19)26(18-17-25)23(27)20-12-8-5-9-13-20/h4-13,15,17-18,22H,2-3,14,16,24H2,1H3. The second-order valence-corrected chi connectivity index (χ2v) is 6.70. The quantitative estimate of drug-likeness (QED) is 0.828. The van der Waals surface area contributed by atoms with Crippen LogP contribution >= 0.6 is 0 Å². The molecule has 0 fully saturated rings. The highest BCUT2D eigenvalue weighted by molar-refractivity contribution is 6.00. The molecule has 0 bridgehead atoms. The van der Waals surface area contributed by atoms with Crippen LogP contribution in [0.3, 0.4) is 0 Å². The van der Waals surface area contributed by atoms with Gasteiger partial charge in [-0.1, -0.05) is 68.3 Å². The van der Waals surface area contributed by atoms with Gasteiger partial charge in [-0.15, -0.1) is 0 Å². The lowest BCUT2D eigenvalue weighted by atomic mass is 10.1. The lowest BCUT2D eigenvalue weighted by Crippen LogP contribution is -2.38. The van der Waals surface area contributed by atoms with Gasteiger partial charge in [-0.3, -0.25) is 9.69 Å². The Morgan fingerprint density at radius 1 is 1.04 bits per heavy atom. The van der Waals surface area contributed by atoms with Crippen LogP contribution in [0.1, 0.15) is 42.1 Å². The van der Waals surface area contributed by atoms with E-state index in [0.29, 0.717) is 12.1 Å². The molecule has 1 aliphatic heterocycles. The molecule has 140 valence electrons. The van der Waals surface area contributed by atoms with E-state index in [1.165, 1.54) is 0 Å². The lowest BCUT2D eigenvalue weighted by molar-refractivity contribution is 0.0878. The van der Waals surface area contributed by atoms with E-state index in [0.717, 1.165) is 30.5 Å². The molecule has 1 heterocycles. The zero-order valence-corrected chi connectivity index (χ0v) is 15.8. The van der Waals surface area contributed by atoms with E-state index in [1.807, 2.05) is 73.1 Å². The number of benzene rings is 2. The summed E-state index contributed by atoms with van der Waals surface area (Å²) in [5, 5.41) is 0. The van der Waals surface area contributed by atoms with Crippen molar-refractivity contribution in [3.8, 4) is 0 Å². The summed E-state index contributed by atoms with van der Waals surface area (Å²) < 4.78 is 0. The highest BCUT2D eigenvalue weighted by atomic mass is 16.2. The summed E-state index contributed by atoms with van der Waals surface area (Å²) in [6.07, 6.45) is 8.95. The fourth-order valence-electron chi connectivity index (χ4n) is 3.17. The van der Waals surface area contributed by atoms with Crippen LogP contribution in [-0.2, 0) is 0 Å². The Hall–Kier alpha value is -2.85. The third-order valence-electron chi connectivity index (χ3n) is 4.75. The monoisotopic (exact) mass is 361 g/mol. The molecule has 27 heavy (non-hydrogen) atoms. The van der Waals surface area contributed by atoms with E-state index >= 15 is 0 Å². The van der Waals surface area contributed by atoms with Gasteiger partial charge >= 0.3 is 0 Å². The number of hydrogen-bond acceptors (Lipinski definition) is 3. The fraction of sp³-hybridized carbons (Fsp3) is 0.261. The topological polar surface area (TPSA) is 49.6 Å². The molecular weight excluding hydrogens is 334 g/mol. The van der Waals surface area contributed by atoms with Crippen molar-refractivity contribution in [2.24, 2.45) is 5.73 Å². The van der Waals surface area contributed by atoms with Gasteiger partial charge in [0, 0.05) is 24.5 Å². The molecule has 4 heteroatoms. The van der Waals surface area contributed by atoms with Crippen molar-refractivity contribution >= 4 is 11.6 Å². The first-order valence-electron chi connectivity index (χ1n) is 9.54. The van der Waals surface area contributed by atoms with E-state index in [4.69, 9.17) is 5.73 Å². The number of hydrogen-bond donors (Lipinski definition) is 1. The van der Waals surface area contributed by atoms with Crippen LogP contribution in [0.5, 0.6) is 0 Å². The Labute approximate surface area is 161 Å². The maximum Gasteiger partial charge on any atom is 0.262 e. The zero-order chi connectivity index (χ0) is 19.1. The smallest absolute Gasteiger partial charge is 0.262 e. The molecule has 0 saturated heterocycles. The van der Waals surface area contributed by atoms with Crippen molar-refractivity contribution in [1.82, 2.24) is 9.80 Å². The fourth-order valence-corrected chi connectivity index (χ4v) is 3.17. The third kappa shape index (κ3) is 4.66. The largest absolute Gasteiger partial charge is 0.357 e. The van der Waals surface area contributed by atoms with Crippen molar-refractivity contribution in [3.63, 3.8) is 0 Å². The highest BCUT2D eigenvalue weighted by Gasteiger charge is 2.22. The Morgan fingerprint density at radius 2 is 1.70 bits per heavy atom. The SMILES string of the molecule is CCCCC(N)N1C=CN(C(=O)c2ccccc2)C(c2ccccc2)=CC1. The first-order chi connectivity index (χ1) is 13.2. The van der Waals surface area contributed by atoms with Crippen LogP contribution in [0.4, 0.5) is 0 Å². The van der Waals surface area contributed by atoms with E-state index in [1.54, 1.807) is 4.90 Å². The third-order valence-corrected chi connectivity index (χ3v) is 4.75. The minimum absolute atomic E-state index is 0.0501. The van der Waals surface area contributed by atoms with E-state index < -0.39 is 0 Å². The van der Waals surface area contributed by atoms with Crippen molar-refractivity contribution in [3.05, 3.63) is 90.3 Å². The Bertz CT molecular complexity index is 799. The van der Waals surface area contributed by atoms with Crippen LogP contribution in [0.25, 0.3) is 5.70 Å². The van der Waals surface area contributed by atoms with Crippen molar-refractivity contribution in [2.75, 3.05) is 6.54 Å². The second-order valence-electron chi connectivity index (χ2n) is 6.70. The van der Waals surface area contributed by atoms with Crippen LogP contribution in [0.2, 0.25) is 0 Å². The molecule has 4 nitrogen and oxygen atoms in total. The molecule has 0 aliphatic carbocycles. The van der Waals surface area contributed by atoms with E-state index in [-0.39, 0.29) is 12.1 Å². The lowest BCUT2D eigenvalue weighted by Gasteiger charge is -2.25. The number of nitrogens with zero attached hydrogens (tertiary/aromatic N) is 2. The molecule has 3 rings (SSSR count). The predicted octanol–water partition coefficient (Wildman–Crippen LogP) is 4.43. The normalized spacial score (nSPS) is 15.3. The van der Waals surface area contributed by atoms with Crippen molar-refractivity contribution in [2.45, 2.75) is 32.4 Å². The van der Waals surface area contributed by atoms with E-state index in [9.17, 15) is 4.79 Å². The summed E-state index contributed by atoms with van der Waals surface area (Å²) >= 11 is 0. The van der Waals surface area contributed by atoms with E-state index in [2.05, 4.69) is 17.9 Å². The maximum atomic E-state index is 13.2. The number of nitrogens with two attached hydrogens (primary N) is 1. The van der Waals surface area contributed by atoms with Crippen LogP contribution in [0.15, 0.2) is 79.1 Å². The molecule has 2 aromatic rings. The summed E-state index contributed by atoms with van der Waals surface area (Å²) in [7, 11) is 0. The average molecular weight is 361 g/mol. The van der Waals surface area contributed by atoms with Crippen LogP contribution in [-0.4, -0.2) is 28.4 Å². The zero-order valence-electron chi connectivity index (χ0n) is 15.8. The molecular formula is C23H27N3O. The summed E-state index contributed by atoms with van der Waals surface area (Å²) in [4.78, 5) is 17.0. The highest BCUT2D eigenvalue weighted by Crippen LogP contribution is 2.25. The minimum Gasteiger partial charge on any atom is -0.357 e. The Kier molecular flexibility index (Phi) is 6.44.